The molecule has 2 aromatic heterocycles. The quantitative estimate of drug-likeness (QED) is 0.914. The van der Waals surface area contributed by atoms with Gasteiger partial charge in [-0.2, -0.15) is 5.10 Å². The molecular weight excluding hydrogens is 318 g/mol. The molecule has 3 heterocycles. The molecule has 9 heteroatoms. The summed E-state index contributed by atoms with van der Waals surface area (Å²) in [6, 6.07) is 1.64. The van der Waals surface area contributed by atoms with Crippen molar-refractivity contribution >= 4 is 27.3 Å². The zero-order valence-corrected chi connectivity index (χ0v) is 13.6. The highest BCUT2D eigenvalue weighted by molar-refractivity contribution is 7.92. The summed E-state index contributed by atoms with van der Waals surface area (Å²) in [5, 5.41) is 6.78. The number of aromatic nitrogens is 3. The number of sulfonamides is 1. The van der Waals surface area contributed by atoms with E-state index >= 15 is 0 Å². The van der Waals surface area contributed by atoms with Crippen molar-refractivity contribution in [3.63, 3.8) is 0 Å². The molecule has 23 heavy (non-hydrogen) atoms. The first-order valence-corrected chi connectivity index (χ1v) is 8.64. The van der Waals surface area contributed by atoms with E-state index in [0.29, 0.717) is 11.4 Å². The maximum atomic E-state index is 13.0. The highest BCUT2D eigenvalue weighted by atomic mass is 32.2. The number of amides is 1. The lowest BCUT2D eigenvalue weighted by molar-refractivity contribution is -0.115. The van der Waals surface area contributed by atoms with Gasteiger partial charge in [-0.3, -0.25) is 18.8 Å². The fourth-order valence-corrected chi connectivity index (χ4v) is 3.75. The topological polar surface area (TPSA) is 97.2 Å². The van der Waals surface area contributed by atoms with Crippen LogP contribution in [0.5, 0.6) is 0 Å². The minimum absolute atomic E-state index is 0.0553. The van der Waals surface area contributed by atoms with Crippen molar-refractivity contribution < 1.29 is 13.2 Å². The Kier molecular flexibility index (Phi) is 3.80. The fraction of sp³-hybridized carbons (Fsp3) is 0.357. The van der Waals surface area contributed by atoms with Gasteiger partial charge in [-0.25, -0.2) is 8.42 Å². The smallest absolute Gasteiger partial charge is 0.267 e. The molecule has 0 radical (unpaired) electrons. The monoisotopic (exact) mass is 335 g/mol. The number of pyridine rings is 1. The Labute approximate surface area is 134 Å². The molecule has 0 bridgehead atoms. The molecule has 2 aromatic rings. The number of anilines is 2. The summed E-state index contributed by atoms with van der Waals surface area (Å²) in [7, 11) is -3.82. The van der Waals surface area contributed by atoms with Gasteiger partial charge in [-0.05, 0) is 19.9 Å². The van der Waals surface area contributed by atoms with Crippen LogP contribution in [0.3, 0.4) is 0 Å². The molecule has 0 saturated carbocycles. The van der Waals surface area contributed by atoms with E-state index in [0.717, 1.165) is 0 Å². The second-order valence-electron chi connectivity index (χ2n) is 5.52. The molecule has 0 saturated heterocycles. The Morgan fingerprint density at radius 2 is 2.09 bits per heavy atom. The SMILES string of the molecule is CC(C)n1cc(S(=O)(=O)N2CCC(=O)Nc3ccncc32)cn1. The van der Waals surface area contributed by atoms with Gasteiger partial charge in [-0.15, -0.1) is 0 Å². The van der Waals surface area contributed by atoms with Crippen LogP contribution in [0, 0.1) is 0 Å². The summed E-state index contributed by atoms with van der Waals surface area (Å²) < 4.78 is 28.7. The van der Waals surface area contributed by atoms with Crippen LogP contribution in [-0.4, -0.2) is 35.6 Å². The van der Waals surface area contributed by atoms with Crippen LogP contribution in [0.2, 0.25) is 0 Å². The minimum atomic E-state index is -3.82. The summed E-state index contributed by atoms with van der Waals surface area (Å²) in [4.78, 5) is 15.8. The molecule has 1 amide bonds. The van der Waals surface area contributed by atoms with Crippen LogP contribution >= 0.6 is 0 Å². The third kappa shape index (κ3) is 2.79. The first-order chi connectivity index (χ1) is 10.9. The van der Waals surface area contributed by atoms with Gasteiger partial charge in [-0.1, -0.05) is 0 Å². The molecule has 0 aromatic carbocycles. The Hall–Kier alpha value is -2.42. The molecule has 1 N–H and O–H groups in total. The molecule has 122 valence electrons. The van der Waals surface area contributed by atoms with Gasteiger partial charge in [0.2, 0.25) is 5.91 Å². The molecule has 1 aliphatic rings. The standard InChI is InChI=1S/C14H17N5O3S/c1-10(2)18-9-11(7-16-18)23(21,22)19-6-4-14(20)17-12-3-5-15-8-13(12)19/h3,5,7-10H,4,6H2,1-2H3,(H,17,20). The summed E-state index contributed by atoms with van der Waals surface area (Å²) in [6.45, 7) is 3.88. The van der Waals surface area contributed by atoms with Crippen molar-refractivity contribution in [2.24, 2.45) is 0 Å². The molecule has 8 nitrogen and oxygen atoms in total. The number of hydrogen-bond donors (Lipinski definition) is 1. The van der Waals surface area contributed by atoms with E-state index in [2.05, 4.69) is 15.4 Å². The van der Waals surface area contributed by atoms with Gasteiger partial charge < -0.3 is 5.32 Å². The fourth-order valence-electron chi connectivity index (χ4n) is 2.34. The summed E-state index contributed by atoms with van der Waals surface area (Å²) in [6.07, 6.45) is 5.84. The molecule has 1 aliphatic heterocycles. The van der Waals surface area contributed by atoms with Crippen molar-refractivity contribution in [1.29, 1.82) is 0 Å². The van der Waals surface area contributed by atoms with Crippen LogP contribution in [0.1, 0.15) is 26.3 Å². The zero-order chi connectivity index (χ0) is 16.6. The number of carbonyl (C=O) groups excluding carboxylic acids is 1. The lowest BCUT2D eigenvalue weighted by Gasteiger charge is -2.22. The molecule has 0 unspecified atom stereocenters. The van der Waals surface area contributed by atoms with E-state index in [9.17, 15) is 13.2 Å². The van der Waals surface area contributed by atoms with Crippen molar-refractivity contribution in [3.05, 3.63) is 30.9 Å². The van der Waals surface area contributed by atoms with Crippen LogP contribution in [0.15, 0.2) is 35.7 Å². The van der Waals surface area contributed by atoms with E-state index in [-0.39, 0.29) is 29.8 Å². The van der Waals surface area contributed by atoms with Crippen LogP contribution in [0.4, 0.5) is 11.4 Å². The predicted molar refractivity (Wildman–Crippen MR) is 84.6 cm³/mol. The maximum absolute atomic E-state index is 13.0. The van der Waals surface area contributed by atoms with Gasteiger partial charge in [0, 0.05) is 31.4 Å². The number of hydrogen-bond acceptors (Lipinski definition) is 5. The second-order valence-corrected chi connectivity index (χ2v) is 7.38. The van der Waals surface area contributed by atoms with Gasteiger partial charge >= 0.3 is 0 Å². The molecule has 0 fully saturated rings. The maximum Gasteiger partial charge on any atom is 0.267 e. The van der Waals surface area contributed by atoms with Crippen LogP contribution in [-0.2, 0) is 14.8 Å². The first-order valence-electron chi connectivity index (χ1n) is 7.20. The number of fused-ring (bicyclic) bond motifs is 1. The lowest BCUT2D eigenvalue weighted by atomic mass is 10.3. The largest absolute Gasteiger partial charge is 0.324 e. The van der Waals surface area contributed by atoms with E-state index < -0.39 is 10.0 Å². The zero-order valence-electron chi connectivity index (χ0n) is 12.8. The molecule has 3 rings (SSSR count). The van der Waals surface area contributed by atoms with Gasteiger partial charge in [0.15, 0.2) is 0 Å². The number of rotatable bonds is 3. The molecule has 0 spiro atoms. The van der Waals surface area contributed by atoms with Gasteiger partial charge in [0.1, 0.15) is 4.90 Å². The second kappa shape index (κ2) is 5.65. The third-order valence-corrected chi connectivity index (χ3v) is 5.35. The van der Waals surface area contributed by atoms with Crippen LogP contribution in [0.25, 0.3) is 0 Å². The summed E-state index contributed by atoms with van der Waals surface area (Å²) >= 11 is 0. The summed E-state index contributed by atoms with van der Waals surface area (Å²) in [5.74, 6) is -0.229. The lowest BCUT2D eigenvalue weighted by Crippen LogP contribution is -2.31. The Bertz CT molecular complexity index is 844. The van der Waals surface area contributed by atoms with Crippen LogP contribution < -0.4 is 9.62 Å². The van der Waals surface area contributed by atoms with Gasteiger partial charge in [0.05, 0.1) is 23.8 Å². The highest BCUT2D eigenvalue weighted by Gasteiger charge is 2.31. The Balaban J connectivity index is 2.07. The average molecular weight is 335 g/mol. The minimum Gasteiger partial charge on any atom is -0.324 e. The van der Waals surface area contributed by atoms with Crippen molar-refractivity contribution in [2.45, 2.75) is 31.2 Å². The van der Waals surface area contributed by atoms with Crippen molar-refractivity contribution in [2.75, 3.05) is 16.2 Å². The van der Waals surface area contributed by atoms with Crippen molar-refractivity contribution in [1.82, 2.24) is 14.8 Å². The molecule has 0 atom stereocenters. The Morgan fingerprint density at radius 1 is 1.30 bits per heavy atom. The number of nitrogens with zero attached hydrogens (tertiary/aromatic N) is 4. The Morgan fingerprint density at radius 3 is 2.78 bits per heavy atom. The predicted octanol–water partition coefficient (Wildman–Crippen LogP) is 1.40. The third-order valence-electron chi connectivity index (χ3n) is 3.58. The number of carbonyl (C=O) groups is 1. The summed E-state index contributed by atoms with van der Waals surface area (Å²) in [5.41, 5.74) is 0.790. The van der Waals surface area contributed by atoms with E-state index in [4.69, 9.17) is 0 Å². The highest BCUT2D eigenvalue weighted by Crippen LogP contribution is 2.32. The number of nitrogens with one attached hydrogen (secondary N) is 1. The normalized spacial score (nSPS) is 15.3. The molecular formula is C14H17N5O3S. The van der Waals surface area contributed by atoms with Gasteiger partial charge in [0.25, 0.3) is 10.0 Å². The first kappa shape index (κ1) is 15.5. The average Bonchev–Trinajstić information content (AvgIpc) is 2.93. The van der Waals surface area contributed by atoms with E-state index in [1.54, 1.807) is 10.7 Å². The van der Waals surface area contributed by atoms with E-state index in [1.165, 1.54) is 29.1 Å². The van der Waals surface area contributed by atoms with E-state index in [1.807, 2.05) is 13.8 Å². The van der Waals surface area contributed by atoms with Crippen molar-refractivity contribution in [3.8, 4) is 0 Å². The molecule has 0 aliphatic carbocycles.